The maximum atomic E-state index is 10.7. The molecule has 13 nitrogen and oxygen atoms in total. The molecule has 4 aliphatic carbocycles. The van der Waals surface area contributed by atoms with Crippen LogP contribution in [-0.2, 0) is 11.3 Å². The fourth-order valence-electron chi connectivity index (χ4n) is 11.3. The van der Waals surface area contributed by atoms with Crippen LogP contribution < -0.4 is 11.1 Å². The number of aliphatic hydroxyl groups is 2. The van der Waals surface area contributed by atoms with Crippen LogP contribution in [0, 0.1) is 29.6 Å². The largest absolute Gasteiger partial charge is 0.480 e. The summed E-state index contributed by atoms with van der Waals surface area (Å²) in [6, 6.07) is 7.90. The number of likely N-dealkylation sites (N-methyl/N-ethyl adjacent to an activating group) is 1. The summed E-state index contributed by atoms with van der Waals surface area (Å²) < 4.78 is 11.3. The first-order valence-electron chi connectivity index (χ1n) is 21.1. The minimum atomic E-state index is -0.806. The molecule has 4 bridgehead atoms. The number of allylic oxidation sites excluding steroid dienone is 3. The van der Waals surface area contributed by atoms with Crippen molar-refractivity contribution in [2.75, 3.05) is 60.0 Å². The van der Waals surface area contributed by atoms with E-state index in [4.69, 9.17) is 15.6 Å². The molecule has 0 amide bonds. The molecular weight excluding hydrogens is 749 g/mol. The van der Waals surface area contributed by atoms with Crippen LogP contribution in [0.2, 0.25) is 0 Å². The number of amidine groups is 2. The van der Waals surface area contributed by atoms with Crippen LogP contribution in [0.3, 0.4) is 0 Å². The first-order chi connectivity index (χ1) is 27.8. The Labute approximate surface area is 345 Å². The van der Waals surface area contributed by atoms with Gasteiger partial charge in [-0.25, -0.2) is 9.98 Å². The second-order valence-electron chi connectivity index (χ2n) is 18.6. The average molecular weight is 808 g/mol. The van der Waals surface area contributed by atoms with Crippen molar-refractivity contribution in [3.05, 3.63) is 82.5 Å². The highest BCUT2D eigenvalue weighted by Gasteiger charge is 2.58. The number of likely N-dealkylation sites (tertiary alicyclic amines) is 1. The third kappa shape index (κ3) is 7.48. The molecule has 7 aliphatic rings. The van der Waals surface area contributed by atoms with Gasteiger partial charge in [-0.3, -0.25) is 15.0 Å². The van der Waals surface area contributed by atoms with Crippen molar-refractivity contribution >= 4 is 43.9 Å². The number of nitrogens with one attached hydrogen (secondary N) is 2. The topological polar surface area (TPSA) is 161 Å². The molecule has 3 aromatic rings. The number of aromatic nitrogens is 3. The zero-order chi connectivity index (χ0) is 40.4. The lowest BCUT2D eigenvalue weighted by atomic mass is 9.48. The number of hydrogen-bond acceptors (Lipinski definition) is 10. The maximum absolute atomic E-state index is 10.7. The van der Waals surface area contributed by atoms with Crippen LogP contribution in [0.15, 0.2) is 76.2 Å². The fourth-order valence-corrected chi connectivity index (χ4v) is 12.1. The number of hydrogen-bond donors (Lipinski definition) is 5. The van der Waals surface area contributed by atoms with E-state index in [1.54, 1.807) is 0 Å². The summed E-state index contributed by atoms with van der Waals surface area (Å²) in [5.74, 6) is 1.82. The number of dihydropyridines is 1. The molecular formula is C44H59N10O3S+. The van der Waals surface area contributed by atoms with E-state index in [0.717, 1.165) is 82.7 Å². The average Bonchev–Trinajstić information content (AvgIpc) is 3.76. The minimum absolute atomic E-state index is 0.0284. The number of rotatable bonds is 10. The molecule has 308 valence electrons. The van der Waals surface area contributed by atoms with Gasteiger partial charge in [-0.2, -0.15) is 5.10 Å². The Hall–Kier alpha value is -4.50. The van der Waals surface area contributed by atoms with Gasteiger partial charge in [0.2, 0.25) is 5.13 Å². The van der Waals surface area contributed by atoms with Gasteiger partial charge in [0, 0.05) is 55.1 Å². The highest BCUT2D eigenvalue weighted by atomic mass is 32.1. The highest BCUT2D eigenvalue weighted by Crippen LogP contribution is 2.63. The number of thiazole rings is 1. The van der Waals surface area contributed by atoms with Gasteiger partial charge in [-0.15, -0.1) is 0 Å². The molecule has 5 heterocycles. The van der Waals surface area contributed by atoms with E-state index in [0.29, 0.717) is 53.0 Å². The molecule has 6 N–H and O–H groups in total. The molecule has 10 rings (SSSR count). The SMILES string of the molecule is CC(=C1\CCCN(C2=CC=C(c3cnn(CC45CC6CC(C4)CC(OCCN4CC[N+](C)(C)CC4)(C6)C5)c3C)C(=C(O)O)N2)C1=N)/C(N)=N\c1nc2ccccc2s1. The number of benzene rings is 1. The number of ether oxygens (including phenoxy) is 1. The molecule has 6 fully saturated rings. The number of piperidine rings is 1. The Bertz CT molecular complexity index is 2220. The quantitative estimate of drug-likeness (QED) is 0.0647. The van der Waals surface area contributed by atoms with Crippen molar-refractivity contribution in [1.29, 1.82) is 5.41 Å². The highest BCUT2D eigenvalue weighted by molar-refractivity contribution is 7.22. The lowest BCUT2D eigenvalue weighted by molar-refractivity contribution is -0.894. The second-order valence-corrected chi connectivity index (χ2v) is 19.7. The van der Waals surface area contributed by atoms with Crippen LogP contribution in [0.4, 0.5) is 5.13 Å². The third-order valence-electron chi connectivity index (χ3n) is 14.0. The predicted octanol–water partition coefficient (Wildman–Crippen LogP) is 6.74. The maximum Gasteiger partial charge on any atom is 0.299 e. The summed E-state index contributed by atoms with van der Waals surface area (Å²) in [7, 11) is 4.66. The van der Waals surface area contributed by atoms with Crippen LogP contribution in [-0.4, -0.2) is 117 Å². The molecule has 4 saturated carbocycles. The van der Waals surface area contributed by atoms with E-state index >= 15 is 0 Å². The lowest BCUT2D eigenvalue weighted by Gasteiger charge is -2.61. The van der Waals surface area contributed by atoms with Crippen molar-refractivity contribution < 1.29 is 19.4 Å². The molecule has 58 heavy (non-hydrogen) atoms. The van der Waals surface area contributed by atoms with Gasteiger partial charge < -0.3 is 35.4 Å². The van der Waals surface area contributed by atoms with Crippen molar-refractivity contribution in [2.45, 2.75) is 77.4 Å². The van der Waals surface area contributed by atoms with Gasteiger partial charge in [0.1, 0.15) is 23.2 Å². The summed E-state index contributed by atoms with van der Waals surface area (Å²) in [6.07, 6.45) is 14.4. The molecule has 14 heteroatoms. The number of quaternary nitrogens is 1. The molecule has 2 aromatic heterocycles. The van der Waals surface area contributed by atoms with Crippen LogP contribution in [0.25, 0.3) is 15.8 Å². The van der Waals surface area contributed by atoms with Gasteiger partial charge in [0.15, 0.2) is 0 Å². The first kappa shape index (κ1) is 39.0. The smallest absolute Gasteiger partial charge is 0.299 e. The Kier molecular flexibility index (Phi) is 10.1. The summed E-state index contributed by atoms with van der Waals surface area (Å²) in [5.41, 5.74) is 11.7. The van der Waals surface area contributed by atoms with Crippen molar-refractivity contribution in [3.8, 4) is 0 Å². The molecule has 1 aromatic carbocycles. The number of para-hydroxylation sites is 1. The van der Waals surface area contributed by atoms with Gasteiger partial charge >= 0.3 is 0 Å². The minimum Gasteiger partial charge on any atom is -0.480 e. The number of fused-ring (bicyclic) bond motifs is 1. The molecule has 2 unspecified atom stereocenters. The molecule has 2 saturated heterocycles. The van der Waals surface area contributed by atoms with Gasteiger partial charge in [-0.1, -0.05) is 23.5 Å². The van der Waals surface area contributed by atoms with Crippen LogP contribution in [0.5, 0.6) is 0 Å². The van der Waals surface area contributed by atoms with E-state index in [1.165, 1.54) is 56.5 Å². The third-order valence-corrected chi connectivity index (χ3v) is 14.9. The summed E-state index contributed by atoms with van der Waals surface area (Å²) >= 11 is 1.48. The fraction of sp³-hybridized carbons (Fsp3) is 0.545. The van der Waals surface area contributed by atoms with Crippen molar-refractivity contribution in [3.63, 3.8) is 0 Å². The Morgan fingerprint density at radius 1 is 1.10 bits per heavy atom. The number of piperazine rings is 1. The number of aliphatic imine (C=N–C) groups is 1. The van der Waals surface area contributed by atoms with Crippen molar-refractivity contribution in [1.82, 2.24) is 29.9 Å². The van der Waals surface area contributed by atoms with E-state index in [2.05, 4.69) is 45.9 Å². The molecule has 2 atom stereocenters. The second kappa shape index (κ2) is 15.0. The number of aliphatic hydroxyl groups excluding tert-OH is 1. The van der Waals surface area contributed by atoms with E-state index in [9.17, 15) is 15.6 Å². The van der Waals surface area contributed by atoms with Crippen LogP contribution in [0.1, 0.15) is 69.5 Å². The number of nitrogens with two attached hydrogens (primary N) is 1. The molecule has 0 spiro atoms. The van der Waals surface area contributed by atoms with Crippen molar-refractivity contribution in [2.24, 2.45) is 28.0 Å². The Morgan fingerprint density at radius 3 is 2.60 bits per heavy atom. The lowest BCUT2D eigenvalue weighted by Crippen LogP contribution is -2.59. The van der Waals surface area contributed by atoms with Crippen LogP contribution >= 0.6 is 11.3 Å². The standard InChI is InChI=1S/C44H58N10O3S/c1-28(39(45)50-42-48-35-9-5-6-10-36(35)58-42)32-8-7-13-52(40(32)46)37-12-11-33(38(49-37)41(55)56)34-25-47-53(29(34)2)27-43-21-30-20-31(22-43)24-44(23-30,26-43)57-19-16-51-14-17-54(3,4)18-15-51/h5-6,9-12,25,30-31H,7-8,13-24,26-27H2,1-4H3,(H5-,45,46,48,49,50,55,56)/p+1. The molecule has 3 aliphatic heterocycles. The number of nitrogens with zero attached hydrogens (tertiary/aromatic N) is 7. The monoisotopic (exact) mass is 807 g/mol. The first-order valence-corrected chi connectivity index (χ1v) is 21.9. The Balaban J connectivity index is 0.908. The predicted molar refractivity (Wildman–Crippen MR) is 230 cm³/mol. The van der Waals surface area contributed by atoms with E-state index in [-0.39, 0.29) is 16.7 Å². The molecule has 0 radical (unpaired) electrons. The van der Waals surface area contributed by atoms with Gasteiger partial charge in [-0.05, 0) is 112 Å². The zero-order valence-corrected chi connectivity index (χ0v) is 35.2. The summed E-state index contributed by atoms with van der Waals surface area (Å²) in [6.45, 7) is 11.9. The normalized spacial score (nSPS) is 29.4. The Morgan fingerprint density at radius 2 is 1.86 bits per heavy atom. The van der Waals surface area contributed by atoms with E-state index in [1.807, 2.05) is 54.4 Å². The van der Waals surface area contributed by atoms with E-state index < -0.39 is 5.95 Å². The van der Waals surface area contributed by atoms with Gasteiger partial charge in [0.05, 0.1) is 55.8 Å². The zero-order valence-electron chi connectivity index (χ0n) is 34.4. The summed E-state index contributed by atoms with van der Waals surface area (Å²) in [5, 5.41) is 39.3. The van der Waals surface area contributed by atoms with Gasteiger partial charge in [0.25, 0.3) is 5.95 Å². The summed E-state index contributed by atoms with van der Waals surface area (Å²) in [4.78, 5) is 13.7.